The normalized spacial score (nSPS) is 10.2. The van der Waals surface area contributed by atoms with E-state index < -0.39 is 11.9 Å². The van der Waals surface area contributed by atoms with Crippen LogP contribution in [0.25, 0.3) is 5.95 Å². The Labute approximate surface area is 207 Å². The molecule has 4 aromatic rings. The lowest BCUT2D eigenvalue weighted by molar-refractivity contribution is -0.603. The topological polar surface area (TPSA) is 147 Å². The molecule has 0 amide bonds. The molecule has 3 N–H and O–H groups in total. The molecule has 0 radical (unpaired) electrons. The first-order valence-electron chi connectivity index (χ1n) is 10.4. The summed E-state index contributed by atoms with van der Waals surface area (Å²) in [7, 11) is 3.88. The second kappa shape index (κ2) is 10.9. The van der Waals surface area contributed by atoms with Crippen molar-refractivity contribution in [3.8, 4) is 5.95 Å². The van der Waals surface area contributed by atoms with Gasteiger partial charge >= 0.3 is 23.8 Å². The zero-order chi connectivity index (χ0) is 24.9. The molecule has 0 fully saturated rings. The van der Waals surface area contributed by atoms with E-state index in [-0.39, 0.29) is 30.5 Å². The Morgan fingerprint density at radius 1 is 0.806 bits per heavy atom. The summed E-state index contributed by atoms with van der Waals surface area (Å²) in [4.78, 5) is 37.4. The number of anilines is 5. The lowest BCUT2D eigenvalue weighted by Crippen LogP contribution is -2.33. The van der Waals surface area contributed by atoms with Crippen LogP contribution in [0.15, 0.2) is 73.1 Å². The van der Waals surface area contributed by atoms with Gasteiger partial charge in [0.05, 0.1) is 23.9 Å². The van der Waals surface area contributed by atoms with Crippen molar-refractivity contribution in [2.45, 2.75) is 7.43 Å². The number of nitrogens with zero attached hydrogens (tertiary/aromatic N) is 5. The van der Waals surface area contributed by atoms with Crippen LogP contribution in [0.5, 0.6) is 0 Å². The molecule has 2 heterocycles. The van der Waals surface area contributed by atoms with E-state index in [4.69, 9.17) is 5.11 Å². The number of hydrogen-bond acceptors (Lipinski definition) is 9. The summed E-state index contributed by atoms with van der Waals surface area (Å²) in [5, 5.41) is 26.2. The Hall–Kier alpha value is -5.06. The van der Waals surface area contributed by atoms with Gasteiger partial charge in [0, 0.05) is 31.2 Å². The molecule has 184 valence electrons. The molecule has 36 heavy (non-hydrogen) atoms. The van der Waals surface area contributed by atoms with E-state index in [9.17, 15) is 14.7 Å². The van der Waals surface area contributed by atoms with Gasteiger partial charge in [0.15, 0.2) is 0 Å². The molecule has 0 aliphatic rings. The van der Waals surface area contributed by atoms with Gasteiger partial charge in [-0.2, -0.15) is 0 Å². The molecule has 0 aliphatic heterocycles. The second-order valence-electron chi connectivity index (χ2n) is 7.64. The first kappa shape index (κ1) is 25.6. The van der Waals surface area contributed by atoms with Crippen LogP contribution in [0.3, 0.4) is 0 Å². The minimum absolute atomic E-state index is 0. The fraction of sp³-hybridized carbons (Fsp3) is 0.120. The van der Waals surface area contributed by atoms with Gasteiger partial charge in [-0.05, 0) is 64.1 Å². The second-order valence-corrected chi connectivity index (χ2v) is 7.64. The third kappa shape index (κ3) is 6.08. The van der Waals surface area contributed by atoms with Crippen LogP contribution < -0.4 is 25.2 Å². The molecule has 0 saturated heterocycles. The highest BCUT2D eigenvalue weighted by Gasteiger charge is 2.19. The van der Waals surface area contributed by atoms with E-state index in [0.717, 1.165) is 5.69 Å². The number of carboxylic acid groups (broad SMARTS) is 2. The highest BCUT2D eigenvalue weighted by Crippen LogP contribution is 2.19. The summed E-state index contributed by atoms with van der Waals surface area (Å²) >= 11 is 0. The quantitative estimate of drug-likeness (QED) is 0.316. The summed E-state index contributed by atoms with van der Waals surface area (Å²) in [5.74, 6) is -1.53. The van der Waals surface area contributed by atoms with Gasteiger partial charge < -0.3 is 30.5 Å². The standard InChI is InChI=1S/C24H21N7O4.CH4/c1-30(2)19-11-13-31(14-12-19)24-28-22(25-17-7-3-15(4-8-17)20(32)33)27-23(29-24)26-18-9-5-16(6-10-18)21(34)35;/h3-14H,1-2H3,(H3-,25,26,27,28,29,32,33,34,35);1H4. The van der Waals surface area contributed by atoms with Crippen LogP contribution >= 0.6 is 0 Å². The predicted molar refractivity (Wildman–Crippen MR) is 133 cm³/mol. The van der Waals surface area contributed by atoms with Crippen molar-refractivity contribution >= 4 is 40.9 Å². The third-order valence-electron chi connectivity index (χ3n) is 4.95. The number of carbonyl (C=O) groups excluding carboxylic acids is 1. The van der Waals surface area contributed by atoms with E-state index in [1.54, 1.807) is 28.8 Å². The Kier molecular flexibility index (Phi) is 7.75. The molecule has 0 unspecified atom stereocenters. The molecule has 0 aliphatic carbocycles. The maximum Gasteiger partial charge on any atom is 0.444 e. The van der Waals surface area contributed by atoms with Crippen LogP contribution in [0.2, 0.25) is 0 Å². The number of aromatic nitrogens is 4. The molecule has 0 atom stereocenters. The Bertz CT molecular complexity index is 1280. The minimum atomic E-state index is -1.27. The number of pyridine rings is 1. The van der Waals surface area contributed by atoms with E-state index in [2.05, 4.69) is 25.6 Å². The number of rotatable bonds is 8. The molecular formula is C25H25N7O4. The molecule has 0 bridgehead atoms. The number of carbonyl (C=O) groups is 2. The van der Waals surface area contributed by atoms with Crippen molar-refractivity contribution < 1.29 is 24.4 Å². The maximum absolute atomic E-state index is 11.1. The van der Waals surface area contributed by atoms with Crippen molar-refractivity contribution in [3.63, 3.8) is 0 Å². The number of aromatic carboxylic acids is 2. The fourth-order valence-electron chi connectivity index (χ4n) is 3.09. The number of hydrogen-bond donors (Lipinski definition) is 3. The molecular weight excluding hydrogens is 462 g/mol. The van der Waals surface area contributed by atoms with E-state index in [1.165, 1.54) is 24.3 Å². The molecule has 2 aromatic carbocycles. The van der Waals surface area contributed by atoms with Crippen molar-refractivity contribution in [1.82, 2.24) is 15.0 Å². The van der Waals surface area contributed by atoms with E-state index >= 15 is 0 Å². The number of benzene rings is 2. The van der Waals surface area contributed by atoms with Gasteiger partial charge in [-0.25, -0.2) is 9.36 Å². The SMILES string of the molecule is C.CN(C)c1cc[n+](-c2nc(Nc3ccc(C(=O)[O-])cc3)nc(Nc3ccc(C(=O)O)cc3)n2)cc1. The first-order chi connectivity index (χ1) is 16.8. The summed E-state index contributed by atoms with van der Waals surface area (Å²) in [6.45, 7) is 0. The summed E-state index contributed by atoms with van der Waals surface area (Å²) in [5.41, 5.74) is 2.36. The van der Waals surface area contributed by atoms with Crippen LogP contribution in [0.1, 0.15) is 28.1 Å². The average Bonchev–Trinajstić information content (AvgIpc) is 2.84. The first-order valence-corrected chi connectivity index (χ1v) is 10.4. The molecule has 11 heteroatoms. The number of carboxylic acids is 2. The van der Waals surface area contributed by atoms with E-state index in [0.29, 0.717) is 17.3 Å². The van der Waals surface area contributed by atoms with Gasteiger partial charge in [-0.3, -0.25) is 0 Å². The Balaban J connectivity index is 0.00000361. The zero-order valence-corrected chi connectivity index (χ0v) is 18.8. The molecule has 2 aromatic heterocycles. The van der Waals surface area contributed by atoms with Crippen molar-refractivity contribution in [3.05, 3.63) is 84.2 Å². The molecule has 11 nitrogen and oxygen atoms in total. The lowest BCUT2D eigenvalue weighted by atomic mass is 10.2. The van der Waals surface area contributed by atoms with Gasteiger partial charge in [-0.1, -0.05) is 19.6 Å². The predicted octanol–water partition coefficient (Wildman–Crippen LogP) is 2.40. The molecule has 4 rings (SSSR count). The Morgan fingerprint density at radius 2 is 1.28 bits per heavy atom. The smallest absolute Gasteiger partial charge is 0.444 e. The lowest BCUT2D eigenvalue weighted by Gasteiger charge is -2.11. The summed E-state index contributed by atoms with van der Waals surface area (Å²) in [6, 6.07) is 16.0. The highest BCUT2D eigenvalue weighted by molar-refractivity contribution is 5.88. The van der Waals surface area contributed by atoms with Gasteiger partial charge in [0.1, 0.15) is 0 Å². The monoisotopic (exact) mass is 487 g/mol. The summed E-state index contributed by atoms with van der Waals surface area (Å²) < 4.78 is 1.72. The van der Waals surface area contributed by atoms with Crippen LogP contribution in [-0.2, 0) is 0 Å². The third-order valence-corrected chi connectivity index (χ3v) is 4.95. The highest BCUT2D eigenvalue weighted by atomic mass is 16.4. The van der Waals surface area contributed by atoms with Crippen molar-refractivity contribution in [2.75, 3.05) is 29.6 Å². The fourth-order valence-corrected chi connectivity index (χ4v) is 3.09. The van der Waals surface area contributed by atoms with Gasteiger partial charge in [0.25, 0.3) is 0 Å². The van der Waals surface area contributed by atoms with Crippen LogP contribution in [0.4, 0.5) is 29.0 Å². The Morgan fingerprint density at radius 3 is 1.69 bits per heavy atom. The molecule has 0 spiro atoms. The summed E-state index contributed by atoms with van der Waals surface area (Å²) in [6.07, 6.45) is 3.63. The zero-order valence-electron chi connectivity index (χ0n) is 18.8. The largest absolute Gasteiger partial charge is 0.545 e. The van der Waals surface area contributed by atoms with Gasteiger partial charge in [-0.15, -0.1) is 4.98 Å². The van der Waals surface area contributed by atoms with Crippen molar-refractivity contribution in [1.29, 1.82) is 0 Å². The minimum Gasteiger partial charge on any atom is -0.545 e. The van der Waals surface area contributed by atoms with Gasteiger partial charge in [0.2, 0.25) is 0 Å². The van der Waals surface area contributed by atoms with E-state index in [1.807, 2.05) is 43.5 Å². The molecule has 0 saturated carbocycles. The van der Waals surface area contributed by atoms with Crippen molar-refractivity contribution in [2.24, 2.45) is 0 Å². The van der Waals surface area contributed by atoms with Crippen LogP contribution in [0, 0.1) is 0 Å². The van der Waals surface area contributed by atoms with Crippen LogP contribution in [-0.4, -0.2) is 46.1 Å². The average molecular weight is 488 g/mol. The maximum atomic E-state index is 11.1. The number of nitrogens with one attached hydrogen (secondary N) is 2.